The molecule has 144 valence electrons. The molecule has 0 atom stereocenters. The quantitative estimate of drug-likeness (QED) is 0.751. The van der Waals surface area contributed by atoms with Crippen LogP contribution in [0.25, 0.3) is 6.08 Å². The molecule has 1 saturated heterocycles. The van der Waals surface area contributed by atoms with Crippen molar-refractivity contribution in [2.75, 3.05) is 26.1 Å². The van der Waals surface area contributed by atoms with Crippen molar-refractivity contribution >= 4 is 40.6 Å². The van der Waals surface area contributed by atoms with Crippen LogP contribution in [0.3, 0.4) is 0 Å². The molecule has 1 aliphatic rings. The van der Waals surface area contributed by atoms with Gasteiger partial charge in [-0.1, -0.05) is 30.3 Å². The number of imide groups is 1. The highest BCUT2D eigenvalue weighted by molar-refractivity contribution is 8.18. The van der Waals surface area contributed by atoms with Gasteiger partial charge < -0.3 is 14.8 Å². The highest BCUT2D eigenvalue weighted by atomic mass is 32.2. The minimum atomic E-state index is -0.525. The Morgan fingerprint density at radius 2 is 1.82 bits per heavy atom. The molecule has 1 fully saturated rings. The second kappa shape index (κ2) is 8.62. The molecule has 0 radical (unpaired) electrons. The molecule has 0 bridgehead atoms. The van der Waals surface area contributed by atoms with E-state index in [1.807, 2.05) is 6.07 Å². The number of anilines is 1. The Hall–Kier alpha value is -3.26. The fourth-order valence-corrected chi connectivity index (χ4v) is 3.50. The largest absolute Gasteiger partial charge is 0.493 e. The molecule has 0 aliphatic carbocycles. The van der Waals surface area contributed by atoms with E-state index < -0.39 is 17.1 Å². The fourth-order valence-electron chi connectivity index (χ4n) is 2.67. The van der Waals surface area contributed by atoms with Crippen molar-refractivity contribution in [2.45, 2.75) is 0 Å². The van der Waals surface area contributed by atoms with Crippen molar-refractivity contribution in [3.8, 4) is 11.5 Å². The summed E-state index contributed by atoms with van der Waals surface area (Å²) in [5, 5.41) is 2.16. The number of nitrogens with one attached hydrogen (secondary N) is 1. The van der Waals surface area contributed by atoms with Crippen molar-refractivity contribution in [3.05, 3.63) is 59.0 Å². The molecular weight excluding hydrogens is 380 g/mol. The van der Waals surface area contributed by atoms with E-state index in [0.29, 0.717) is 22.7 Å². The number of carbonyl (C=O) groups is 3. The van der Waals surface area contributed by atoms with Crippen LogP contribution < -0.4 is 14.8 Å². The summed E-state index contributed by atoms with van der Waals surface area (Å²) in [5.41, 5.74) is 1.19. The number of thioether (sulfide) groups is 1. The Bertz CT molecular complexity index is 943. The third kappa shape index (κ3) is 4.17. The number of benzene rings is 2. The molecule has 2 aromatic carbocycles. The lowest BCUT2D eigenvalue weighted by molar-refractivity contribution is -0.127. The number of methoxy groups -OCH3 is 2. The van der Waals surface area contributed by atoms with Gasteiger partial charge in [-0.25, -0.2) is 0 Å². The number of nitrogens with zero attached hydrogens (tertiary/aromatic N) is 1. The topological polar surface area (TPSA) is 84.9 Å². The fraction of sp³-hybridized carbons (Fsp3) is 0.150. The molecule has 2 aromatic rings. The number of carbonyl (C=O) groups excluding carboxylic acids is 3. The highest BCUT2D eigenvalue weighted by Gasteiger charge is 2.36. The molecule has 1 heterocycles. The first-order valence-electron chi connectivity index (χ1n) is 8.34. The summed E-state index contributed by atoms with van der Waals surface area (Å²) in [6.07, 6.45) is 1.56. The van der Waals surface area contributed by atoms with Crippen molar-refractivity contribution in [1.82, 2.24) is 4.90 Å². The third-order valence-electron chi connectivity index (χ3n) is 3.95. The molecule has 8 heteroatoms. The van der Waals surface area contributed by atoms with E-state index in [-0.39, 0.29) is 11.4 Å². The van der Waals surface area contributed by atoms with E-state index >= 15 is 0 Å². The molecule has 3 amide bonds. The van der Waals surface area contributed by atoms with E-state index in [1.165, 1.54) is 14.2 Å². The summed E-state index contributed by atoms with van der Waals surface area (Å²) in [6.45, 7) is -0.355. The van der Waals surface area contributed by atoms with Crippen LogP contribution in [0.4, 0.5) is 10.5 Å². The van der Waals surface area contributed by atoms with Crippen LogP contribution in [-0.2, 0) is 9.59 Å². The van der Waals surface area contributed by atoms with Gasteiger partial charge in [-0.3, -0.25) is 19.3 Å². The van der Waals surface area contributed by atoms with Crippen LogP contribution in [0.5, 0.6) is 11.5 Å². The summed E-state index contributed by atoms with van der Waals surface area (Å²) in [6, 6.07) is 14.1. The molecule has 0 aromatic heterocycles. The van der Waals surface area contributed by atoms with E-state index in [4.69, 9.17) is 9.47 Å². The van der Waals surface area contributed by atoms with Gasteiger partial charge in [-0.15, -0.1) is 0 Å². The average molecular weight is 398 g/mol. The Balaban J connectivity index is 1.77. The summed E-state index contributed by atoms with van der Waals surface area (Å²) < 4.78 is 10.6. The molecule has 0 unspecified atom stereocenters. The molecule has 1 N–H and O–H groups in total. The zero-order chi connectivity index (χ0) is 20.1. The lowest BCUT2D eigenvalue weighted by Gasteiger charge is -2.12. The summed E-state index contributed by atoms with van der Waals surface area (Å²) in [7, 11) is 3.01. The Labute approximate surface area is 166 Å². The first kappa shape index (κ1) is 19.5. The highest BCUT2D eigenvalue weighted by Crippen LogP contribution is 2.37. The van der Waals surface area contributed by atoms with E-state index in [1.54, 1.807) is 48.5 Å². The zero-order valence-corrected chi connectivity index (χ0v) is 16.1. The van der Waals surface area contributed by atoms with Gasteiger partial charge in [-0.05, 0) is 36.0 Å². The van der Waals surface area contributed by atoms with Crippen LogP contribution in [0.15, 0.2) is 53.4 Å². The van der Waals surface area contributed by atoms with Gasteiger partial charge in [0, 0.05) is 11.3 Å². The van der Waals surface area contributed by atoms with Gasteiger partial charge in [0.25, 0.3) is 11.1 Å². The minimum Gasteiger partial charge on any atom is -0.493 e. The van der Waals surface area contributed by atoms with Crippen molar-refractivity contribution < 1.29 is 23.9 Å². The average Bonchev–Trinajstić information content (AvgIpc) is 2.95. The summed E-state index contributed by atoms with van der Waals surface area (Å²) in [5.74, 6) is -0.00636. The SMILES string of the molecule is COc1cccc(/C=C2\SC(=O)N(CC(=O)Nc3ccccc3)C2=O)c1OC. The van der Waals surface area contributed by atoms with Gasteiger partial charge in [0.1, 0.15) is 6.54 Å². The number of para-hydroxylation sites is 2. The molecule has 3 rings (SSSR count). The number of hydrogen-bond acceptors (Lipinski definition) is 6. The summed E-state index contributed by atoms with van der Waals surface area (Å²) in [4.78, 5) is 38.2. The van der Waals surface area contributed by atoms with Crippen LogP contribution in [0, 0.1) is 0 Å². The van der Waals surface area contributed by atoms with Crippen molar-refractivity contribution in [2.24, 2.45) is 0 Å². The van der Waals surface area contributed by atoms with Gasteiger partial charge in [0.15, 0.2) is 11.5 Å². The maximum absolute atomic E-state index is 12.6. The predicted octanol–water partition coefficient (Wildman–Crippen LogP) is 3.38. The first-order valence-corrected chi connectivity index (χ1v) is 9.16. The third-order valence-corrected chi connectivity index (χ3v) is 4.86. The molecule has 1 aliphatic heterocycles. The minimum absolute atomic E-state index is 0.212. The summed E-state index contributed by atoms with van der Waals surface area (Å²) >= 11 is 0.780. The van der Waals surface area contributed by atoms with Gasteiger partial charge in [0.2, 0.25) is 5.91 Å². The molecule has 0 saturated carbocycles. The van der Waals surface area contributed by atoms with Gasteiger partial charge >= 0.3 is 0 Å². The maximum Gasteiger partial charge on any atom is 0.294 e. The smallest absolute Gasteiger partial charge is 0.294 e. The lowest BCUT2D eigenvalue weighted by Crippen LogP contribution is -2.36. The van der Waals surface area contributed by atoms with Crippen molar-refractivity contribution in [3.63, 3.8) is 0 Å². The Morgan fingerprint density at radius 3 is 2.50 bits per heavy atom. The monoisotopic (exact) mass is 398 g/mol. The molecule has 7 nitrogen and oxygen atoms in total. The number of amides is 3. The van der Waals surface area contributed by atoms with Gasteiger partial charge in [-0.2, -0.15) is 0 Å². The standard InChI is InChI=1S/C20H18N2O5S/c1-26-15-10-6-7-13(18(15)27-2)11-16-19(24)22(20(25)28-16)12-17(23)21-14-8-4-3-5-9-14/h3-11H,12H2,1-2H3,(H,21,23)/b16-11-. The number of hydrogen-bond donors (Lipinski definition) is 1. The van der Waals surface area contributed by atoms with E-state index in [2.05, 4.69) is 5.32 Å². The van der Waals surface area contributed by atoms with E-state index in [9.17, 15) is 14.4 Å². The molecular formula is C20H18N2O5S. The van der Waals surface area contributed by atoms with Crippen LogP contribution in [-0.4, -0.2) is 42.7 Å². The predicted molar refractivity (Wildman–Crippen MR) is 107 cm³/mol. The maximum atomic E-state index is 12.6. The number of rotatable bonds is 6. The van der Waals surface area contributed by atoms with Crippen LogP contribution in [0.2, 0.25) is 0 Å². The zero-order valence-electron chi connectivity index (χ0n) is 15.3. The Kier molecular flexibility index (Phi) is 6.00. The van der Waals surface area contributed by atoms with Crippen LogP contribution in [0.1, 0.15) is 5.56 Å². The van der Waals surface area contributed by atoms with E-state index in [0.717, 1.165) is 16.7 Å². The number of ether oxygens (including phenoxy) is 2. The lowest BCUT2D eigenvalue weighted by atomic mass is 10.1. The Morgan fingerprint density at radius 1 is 1.07 bits per heavy atom. The normalized spacial score (nSPS) is 15.1. The van der Waals surface area contributed by atoms with Gasteiger partial charge in [0.05, 0.1) is 19.1 Å². The molecule has 28 heavy (non-hydrogen) atoms. The van der Waals surface area contributed by atoms with Crippen molar-refractivity contribution in [1.29, 1.82) is 0 Å². The molecule has 0 spiro atoms. The first-order chi connectivity index (χ1) is 13.5. The second-order valence-electron chi connectivity index (χ2n) is 5.76. The second-order valence-corrected chi connectivity index (χ2v) is 6.76. The van der Waals surface area contributed by atoms with Crippen LogP contribution >= 0.6 is 11.8 Å².